The molecule has 10 rings (SSSR count). The van der Waals surface area contributed by atoms with Crippen molar-refractivity contribution in [2.75, 3.05) is 11.5 Å². The molecule has 9 aromatic rings. The summed E-state index contributed by atoms with van der Waals surface area (Å²) in [5.41, 5.74) is 28.9. The van der Waals surface area contributed by atoms with Gasteiger partial charge in [0.1, 0.15) is 0 Å². The van der Waals surface area contributed by atoms with Crippen molar-refractivity contribution >= 4 is 66.4 Å². The molecular formula is C56H44N4. The van der Waals surface area contributed by atoms with E-state index in [9.17, 15) is 0 Å². The molecule has 60 heavy (non-hydrogen) atoms. The minimum absolute atomic E-state index is 0.690. The quantitative estimate of drug-likeness (QED) is 0.143. The lowest BCUT2D eigenvalue weighted by molar-refractivity contribution is 0.925. The van der Waals surface area contributed by atoms with Crippen molar-refractivity contribution < 1.29 is 0 Å². The number of aryl methyl sites for hydroxylation is 1. The molecule has 0 aliphatic heterocycles. The number of fused-ring (bicyclic) bond motifs is 4. The van der Waals surface area contributed by atoms with Crippen LogP contribution in [0.1, 0.15) is 48.4 Å². The molecule has 0 atom stereocenters. The van der Waals surface area contributed by atoms with E-state index in [2.05, 4.69) is 171 Å². The van der Waals surface area contributed by atoms with Gasteiger partial charge in [0.15, 0.2) is 0 Å². The summed E-state index contributed by atoms with van der Waals surface area (Å²) in [6, 6.07) is 53.7. The van der Waals surface area contributed by atoms with Crippen molar-refractivity contribution in [1.82, 2.24) is 9.97 Å². The number of nitrogens with two attached hydrogens (primary N) is 2. The molecule has 0 saturated carbocycles. The smallest absolute Gasteiger partial charge is 0.0941 e. The van der Waals surface area contributed by atoms with Crippen molar-refractivity contribution in [3.63, 3.8) is 0 Å². The summed E-state index contributed by atoms with van der Waals surface area (Å²) in [5, 5.41) is 6.58. The third kappa shape index (κ3) is 6.85. The van der Waals surface area contributed by atoms with E-state index in [1.54, 1.807) is 0 Å². The molecule has 288 valence electrons. The monoisotopic (exact) mass is 772 g/mol. The number of allylic oxidation sites excluding steroid dienone is 5. The van der Waals surface area contributed by atoms with Gasteiger partial charge in [-0.25, -0.2) is 9.97 Å². The van der Waals surface area contributed by atoms with Crippen LogP contribution in [-0.2, 0) is 12.8 Å². The average Bonchev–Trinajstić information content (AvgIpc) is 3.30. The lowest BCUT2D eigenvalue weighted by Crippen LogP contribution is -1.99. The number of hydrogen-bond acceptors (Lipinski definition) is 4. The van der Waals surface area contributed by atoms with Crippen LogP contribution >= 0.6 is 0 Å². The lowest BCUT2D eigenvalue weighted by Gasteiger charge is -2.16. The standard InChI is InChI=1S/C56H44N4/c1-2-12-37-23-24-38-26-32-53(60-56(38)55(37)58)54-48-20-8-6-18-46(48)45(47-19-7-9-21-49(47)54)22-11-16-42-33-40(25-29-50(42)57)41-27-30-52-44(35-41)28-31-51(59-52)43-17-10-15-39(34-43)36-13-4-3-5-14-36/h3-4,6,8-11,13,15-18,20-21,23-35H,2,5,12,14,22,57-58H2,1H3/b16-11-. The summed E-state index contributed by atoms with van der Waals surface area (Å²) in [5.74, 6) is 0. The molecule has 0 spiro atoms. The number of nitrogen functional groups attached to an aromatic ring is 2. The molecule has 0 radical (unpaired) electrons. The molecular weight excluding hydrogens is 729 g/mol. The fourth-order valence-electron chi connectivity index (χ4n) is 8.84. The molecule has 0 amide bonds. The van der Waals surface area contributed by atoms with E-state index >= 15 is 0 Å². The summed E-state index contributed by atoms with van der Waals surface area (Å²) >= 11 is 0. The second kappa shape index (κ2) is 15.7. The summed E-state index contributed by atoms with van der Waals surface area (Å²) in [6.07, 6.45) is 15.8. The summed E-state index contributed by atoms with van der Waals surface area (Å²) in [6.45, 7) is 2.18. The maximum absolute atomic E-state index is 6.73. The van der Waals surface area contributed by atoms with Gasteiger partial charge in [-0.3, -0.25) is 0 Å². The molecule has 4 nitrogen and oxygen atoms in total. The van der Waals surface area contributed by atoms with Gasteiger partial charge in [0.05, 0.1) is 28.1 Å². The first-order valence-corrected chi connectivity index (χ1v) is 20.9. The number of rotatable bonds is 9. The van der Waals surface area contributed by atoms with Crippen LogP contribution in [-0.4, -0.2) is 9.97 Å². The predicted molar refractivity (Wildman–Crippen MR) is 254 cm³/mol. The summed E-state index contributed by atoms with van der Waals surface area (Å²) in [7, 11) is 0. The molecule has 0 bridgehead atoms. The van der Waals surface area contributed by atoms with Crippen LogP contribution in [0.15, 0.2) is 158 Å². The van der Waals surface area contributed by atoms with Gasteiger partial charge < -0.3 is 11.5 Å². The fourth-order valence-corrected chi connectivity index (χ4v) is 8.84. The van der Waals surface area contributed by atoms with Gasteiger partial charge in [-0.2, -0.15) is 0 Å². The van der Waals surface area contributed by atoms with Gasteiger partial charge in [-0.15, -0.1) is 0 Å². The van der Waals surface area contributed by atoms with Crippen LogP contribution in [0.5, 0.6) is 0 Å². The van der Waals surface area contributed by atoms with Crippen LogP contribution in [0.3, 0.4) is 0 Å². The largest absolute Gasteiger partial charge is 0.398 e. The topological polar surface area (TPSA) is 77.8 Å². The van der Waals surface area contributed by atoms with Gasteiger partial charge in [0, 0.05) is 38.4 Å². The highest BCUT2D eigenvalue weighted by Gasteiger charge is 2.17. The lowest BCUT2D eigenvalue weighted by atomic mass is 9.89. The molecule has 2 aromatic heterocycles. The predicted octanol–water partition coefficient (Wildman–Crippen LogP) is 13.8. The van der Waals surface area contributed by atoms with E-state index in [4.69, 9.17) is 21.4 Å². The minimum atomic E-state index is 0.690. The second-order valence-electron chi connectivity index (χ2n) is 15.7. The zero-order valence-electron chi connectivity index (χ0n) is 33.7. The average molecular weight is 773 g/mol. The Labute approximate surface area is 351 Å². The van der Waals surface area contributed by atoms with Gasteiger partial charge in [0.25, 0.3) is 0 Å². The number of benzene rings is 6. The Morgan fingerprint density at radius 2 is 1.52 bits per heavy atom. The van der Waals surface area contributed by atoms with E-state index in [0.29, 0.717) is 6.42 Å². The highest BCUT2D eigenvalue weighted by atomic mass is 14.7. The molecule has 4 N–H and O–H groups in total. The fraction of sp³-hybridized carbons (Fsp3) is 0.107. The first-order chi connectivity index (χ1) is 29.5. The van der Waals surface area contributed by atoms with E-state index < -0.39 is 0 Å². The van der Waals surface area contributed by atoms with Crippen LogP contribution in [0.4, 0.5) is 11.4 Å². The van der Waals surface area contributed by atoms with E-state index in [1.165, 1.54) is 16.7 Å². The summed E-state index contributed by atoms with van der Waals surface area (Å²) in [4.78, 5) is 10.3. The van der Waals surface area contributed by atoms with Crippen molar-refractivity contribution in [3.05, 3.63) is 192 Å². The Balaban J connectivity index is 0.958. The SMILES string of the molecule is CCCc1ccc2ccc(-c3c4ccc#cc4c(C/C=C\c4cc(-c5ccc6nc(-c7cccc(C8=CC=CCC8)c7)ccc6c5)ccc4N)c4ccccc34)nc2c1N. The summed E-state index contributed by atoms with van der Waals surface area (Å²) < 4.78 is 0. The molecule has 0 fully saturated rings. The van der Waals surface area contributed by atoms with Crippen LogP contribution in [0.25, 0.3) is 88.6 Å². The first kappa shape index (κ1) is 36.8. The number of hydrogen-bond donors (Lipinski definition) is 2. The molecule has 7 aromatic carbocycles. The Hall–Kier alpha value is -7.48. The highest BCUT2D eigenvalue weighted by Crippen LogP contribution is 2.40. The zero-order chi connectivity index (χ0) is 40.6. The van der Waals surface area contributed by atoms with Crippen LogP contribution < -0.4 is 11.5 Å². The molecule has 2 heterocycles. The highest BCUT2D eigenvalue weighted by molar-refractivity contribution is 6.14. The van der Waals surface area contributed by atoms with Crippen molar-refractivity contribution in [3.8, 4) is 33.6 Å². The molecule has 1 aliphatic carbocycles. The van der Waals surface area contributed by atoms with E-state index in [1.807, 2.05) is 12.1 Å². The van der Waals surface area contributed by atoms with E-state index in [-0.39, 0.29) is 0 Å². The first-order valence-electron chi connectivity index (χ1n) is 20.9. The number of pyridine rings is 2. The number of anilines is 2. The maximum atomic E-state index is 6.73. The van der Waals surface area contributed by atoms with Crippen molar-refractivity contribution in [1.29, 1.82) is 0 Å². The second-order valence-corrected chi connectivity index (χ2v) is 15.7. The van der Waals surface area contributed by atoms with Crippen molar-refractivity contribution in [2.24, 2.45) is 0 Å². The number of nitrogens with zero attached hydrogens (tertiary/aromatic N) is 2. The maximum Gasteiger partial charge on any atom is 0.0941 e. The Morgan fingerprint density at radius 3 is 2.40 bits per heavy atom. The molecule has 4 heteroatoms. The molecule has 1 aliphatic rings. The van der Waals surface area contributed by atoms with Crippen LogP contribution in [0.2, 0.25) is 0 Å². The van der Waals surface area contributed by atoms with Gasteiger partial charge in [-0.1, -0.05) is 135 Å². The third-order valence-corrected chi connectivity index (χ3v) is 11.9. The Bertz CT molecular complexity index is 3170. The van der Waals surface area contributed by atoms with Gasteiger partial charge in [-0.05, 0) is 130 Å². The molecule has 0 saturated heterocycles. The zero-order valence-corrected chi connectivity index (χ0v) is 33.7. The number of aromatic nitrogens is 2. The normalized spacial score (nSPS) is 12.8. The third-order valence-electron chi connectivity index (χ3n) is 11.9. The van der Waals surface area contributed by atoms with Gasteiger partial charge >= 0.3 is 0 Å². The molecule has 0 unspecified atom stereocenters. The van der Waals surface area contributed by atoms with E-state index in [0.717, 1.165) is 125 Å². The Morgan fingerprint density at radius 1 is 0.700 bits per heavy atom. The van der Waals surface area contributed by atoms with Crippen molar-refractivity contribution in [2.45, 2.75) is 39.0 Å². The minimum Gasteiger partial charge on any atom is -0.398 e. The van der Waals surface area contributed by atoms with Gasteiger partial charge in [0.2, 0.25) is 0 Å². The Kier molecular flexibility index (Phi) is 9.64. The van der Waals surface area contributed by atoms with Crippen LogP contribution in [0, 0.1) is 12.1 Å².